The van der Waals surface area contributed by atoms with E-state index in [1.54, 1.807) is 0 Å². The smallest absolute Gasteiger partial charge is 0.248 e. The number of aromatic nitrogens is 2. The first-order valence-electron chi connectivity index (χ1n) is 9.65. The summed E-state index contributed by atoms with van der Waals surface area (Å²) in [5, 5.41) is 10.7. The van der Waals surface area contributed by atoms with Crippen molar-refractivity contribution in [2.75, 3.05) is 13.2 Å². The molecule has 1 aromatic heterocycles. The zero-order valence-corrected chi connectivity index (χ0v) is 16.7. The number of ether oxygens (including phenoxy) is 1. The van der Waals surface area contributed by atoms with Gasteiger partial charge in [-0.25, -0.2) is 4.99 Å². The van der Waals surface area contributed by atoms with Gasteiger partial charge in [0.05, 0.1) is 0 Å². The van der Waals surface area contributed by atoms with Crippen LogP contribution in [0, 0.1) is 0 Å². The quantitative estimate of drug-likeness (QED) is 0.491. The Morgan fingerprint density at radius 2 is 2.00 bits per heavy atom. The summed E-state index contributed by atoms with van der Waals surface area (Å²) in [6.07, 6.45) is 1.86. The van der Waals surface area contributed by atoms with Crippen molar-refractivity contribution in [2.24, 2.45) is 4.99 Å². The Kier molecular flexibility index (Phi) is 8.77. The standard InChI is InChI=1S/C20H31N5O2/c1-5-21-20(23-15(3)12-13-17-10-8-7-9-11-17)22-14-18-24-19(25-27-18)16(4)26-6-2/h7-11,15-16H,5-6,12-14H2,1-4H3,(H2,21,22,23). The number of hydrogen-bond donors (Lipinski definition) is 2. The lowest BCUT2D eigenvalue weighted by Gasteiger charge is -2.17. The number of aryl methyl sites for hydroxylation is 1. The SMILES string of the molecule is CCNC(=NCc1nc(C(C)OCC)no1)NC(C)CCc1ccccc1. The van der Waals surface area contributed by atoms with Gasteiger partial charge >= 0.3 is 0 Å². The summed E-state index contributed by atoms with van der Waals surface area (Å²) >= 11 is 0. The molecular formula is C20H31N5O2. The van der Waals surface area contributed by atoms with Crippen molar-refractivity contribution in [3.8, 4) is 0 Å². The van der Waals surface area contributed by atoms with Gasteiger partial charge in [-0.15, -0.1) is 0 Å². The Hall–Kier alpha value is -2.41. The molecule has 2 N–H and O–H groups in total. The van der Waals surface area contributed by atoms with Gasteiger partial charge in [0.1, 0.15) is 12.6 Å². The van der Waals surface area contributed by atoms with Crippen molar-refractivity contribution in [1.29, 1.82) is 0 Å². The summed E-state index contributed by atoms with van der Waals surface area (Å²) < 4.78 is 10.7. The van der Waals surface area contributed by atoms with Gasteiger partial charge in [-0.1, -0.05) is 35.5 Å². The number of nitrogens with zero attached hydrogens (tertiary/aromatic N) is 3. The van der Waals surface area contributed by atoms with E-state index in [2.05, 4.69) is 57.0 Å². The van der Waals surface area contributed by atoms with Crippen LogP contribution < -0.4 is 10.6 Å². The molecule has 0 saturated heterocycles. The lowest BCUT2D eigenvalue weighted by molar-refractivity contribution is 0.0683. The number of rotatable bonds is 10. The topological polar surface area (TPSA) is 84.6 Å². The molecular weight excluding hydrogens is 342 g/mol. The summed E-state index contributed by atoms with van der Waals surface area (Å²) in [6, 6.07) is 10.8. The molecule has 1 aromatic carbocycles. The first kappa shape index (κ1) is 20.9. The highest BCUT2D eigenvalue weighted by Gasteiger charge is 2.13. The fourth-order valence-electron chi connectivity index (χ4n) is 2.62. The van der Waals surface area contributed by atoms with Crippen LogP contribution in [-0.2, 0) is 17.7 Å². The van der Waals surface area contributed by atoms with Crippen LogP contribution in [0.1, 0.15) is 57.5 Å². The van der Waals surface area contributed by atoms with E-state index in [9.17, 15) is 0 Å². The fourth-order valence-corrected chi connectivity index (χ4v) is 2.62. The third-order valence-electron chi connectivity index (χ3n) is 4.07. The lowest BCUT2D eigenvalue weighted by Crippen LogP contribution is -2.42. The van der Waals surface area contributed by atoms with Gasteiger partial charge in [0.25, 0.3) is 0 Å². The number of guanidine groups is 1. The molecule has 2 atom stereocenters. The largest absolute Gasteiger partial charge is 0.371 e. The molecule has 0 bridgehead atoms. The molecule has 2 unspecified atom stereocenters. The maximum atomic E-state index is 5.48. The lowest BCUT2D eigenvalue weighted by atomic mass is 10.1. The Morgan fingerprint density at radius 1 is 1.22 bits per heavy atom. The van der Waals surface area contributed by atoms with Crippen LogP contribution in [-0.4, -0.2) is 35.3 Å². The molecule has 7 nitrogen and oxygen atoms in total. The average molecular weight is 374 g/mol. The van der Waals surface area contributed by atoms with E-state index in [4.69, 9.17) is 9.26 Å². The van der Waals surface area contributed by atoms with E-state index < -0.39 is 0 Å². The Morgan fingerprint density at radius 3 is 2.70 bits per heavy atom. The molecule has 0 aliphatic heterocycles. The van der Waals surface area contributed by atoms with Crippen LogP contribution >= 0.6 is 0 Å². The minimum absolute atomic E-state index is 0.180. The van der Waals surface area contributed by atoms with Gasteiger partial charge in [-0.2, -0.15) is 4.98 Å². The van der Waals surface area contributed by atoms with Crippen molar-refractivity contribution >= 4 is 5.96 Å². The second kappa shape index (κ2) is 11.3. The van der Waals surface area contributed by atoms with Crippen LogP contribution in [0.4, 0.5) is 0 Å². The van der Waals surface area contributed by atoms with Crippen LogP contribution in [0.3, 0.4) is 0 Å². The van der Waals surface area contributed by atoms with Crippen molar-refractivity contribution in [3.05, 3.63) is 47.6 Å². The molecule has 0 amide bonds. The molecule has 0 radical (unpaired) electrons. The van der Waals surface area contributed by atoms with E-state index in [1.807, 2.05) is 26.8 Å². The highest BCUT2D eigenvalue weighted by atomic mass is 16.5. The predicted molar refractivity (Wildman–Crippen MR) is 107 cm³/mol. The van der Waals surface area contributed by atoms with Crippen molar-refractivity contribution in [1.82, 2.24) is 20.8 Å². The average Bonchev–Trinajstić information content (AvgIpc) is 3.15. The van der Waals surface area contributed by atoms with Gasteiger partial charge in [-0.05, 0) is 46.1 Å². The van der Waals surface area contributed by atoms with Crippen LogP contribution in [0.15, 0.2) is 39.8 Å². The van der Waals surface area contributed by atoms with Gasteiger partial charge < -0.3 is 19.9 Å². The van der Waals surface area contributed by atoms with Crippen LogP contribution in [0.25, 0.3) is 0 Å². The third kappa shape index (κ3) is 7.38. The second-order valence-corrected chi connectivity index (χ2v) is 6.41. The van der Waals surface area contributed by atoms with Gasteiger partial charge in [0, 0.05) is 19.2 Å². The summed E-state index contributed by atoms with van der Waals surface area (Å²) in [5.41, 5.74) is 1.34. The molecule has 2 aromatic rings. The van der Waals surface area contributed by atoms with Crippen molar-refractivity contribution in [3.63, 3.8) is 0 Å². The summed E-state index contributed by atoms with van der Waals surface area (Å²) in [5.74, 6) is 1.78. The molecule has 27 heavy (non-hydrogen) atoms. The maximum Gasteiger partial charge on any atom is 0.248 e. The fraction of sp³-hybridized carbons (Fsp3) is 0.550. The minimum Gasteiger partial charge on any atom is -0.371 e. The third-order valence-corrected chi connectivity index (χ3v) is 4.07. The van der Waals surface area contributed by atoms with E-state index in [1.165, 1.54) is 5.56 Å². The zero-order chi connectivity index (χ0) is 19.5. The highest BCUT2D eigenvalue weighted by molar-refractivity contribution is 5.79. The number of nitrogens with one attached hydrogen (secondary N) is 2. The highest BCUT2D eigenvalue weighted by Crippen LogP contribution is 2.13. The number of benzene rings is 1. The normalized spacial score (nSPS) is 14.0. The molecule has 0 aliphatic carbocycles. The number of aliphatic imine (C=N–C) groups is 1. The first-order chi connectivity index (χ1) is 13.1. The Balaban J connectivity index is 1.87. The van der Waals surface area contributed by atoms with Crippen LogP contribution in [0.2, 0.25) is 0 Å². The Bertz CT molecular complexity index is 687. The van der Waals surface area contributed by atoms with Gasteiger partial charge in [0.15, 0.2) is 11.8 Å². The van der Waals surface area contributed by atoms with Gasteiger partial charge in [0.2, 0.25) is 5.89 Å². The van der Waals surface area contributed by atoms with E-state index in [-0.39, 0.29) is 6.10 Å². The minimum atomic E-state index is -0.180. The van der Waals surface area contributed by atoms with E-state index in [0.29, 0.717) is 30.9 Å². The van der Waals surface area contributed by atoms with Gasteiger partial charge in [-0.3, -0.25) is 0 Å². The molecule has 0 spiro atoms. The second-order valence-electron chi connectivity index (χ2n) is 6.41. The summed E-state index contributed by atoms with van der Waals surface area (Å²) in [6.45, 7) is 9.76. The molecule has 0 aliphatic rings. The molecule has 1 heterocycles. The van der Waals surface area contributed by atoms with Crippen LogP contribution in [0.5, 0.6) is 0 Å². The Labute approximate surface area is 161 Å². The maximum absolute atomic E-state index is 5.48. The molecule has 0 saturated carbocycles. The predicted octanol–water partition coefficient (Wildman–Crippen LogP) is 3.24. The summed E-state index contributed by atoms with van der Waals surface area (Å²) in [4.78, 5) is 8.91. The van der Waals surface area contributed by atoms with E-state index in [0.717, 1.165) is 25.3 Å². The van der Waals surface area contributed by atoms with E-state index >= 15 is 0 Å². The van der Waals surface area contributed by atoms with Crippen molar-refractivity contribution < 1.29 is 9.26 Å². The first-order valence-corrected chi connectivity index (χ1v) is 9.65. The van der Waals surface area contributed by atoms with Crippen molar-refractivity contribution in [2.45, 2.75) is 59.2 Å². The molecule has 148 valence electrons. The summed E-state index contributed by atoms with van der Waals surface area (Å²) in [7, 11) is 0. The monoisotopic (exact) mass is 373 g/mol. The zero-order valence-electron chi connectivity index (χ0n) is 16.7. The molecule has 2 rings (SSSR count). The number of hydrogen-bond acceptors (Lipinski definition) is 5. The molecule has 0 fully saturated rings. The molecule has 7 heteroatoms.